The van der Waals surface area contributed by atoms with Gasteiger partial charge < -0.3 is 9.47 Å². The van der Waals surface area contributed by atoms with Gasteiger partial charge in [0.1, 0.15) is 0 Å². The van der Waals surface area contributed by atoms with Gasteiger partial charge in [-0.15, -0.1) is 0 Å². The summed E-state index contributed by atoms with van der Waals surface area (Å²) in [4.78, 5) is 13.2. The quantitative estimate of drug-likeness (QED) is 0.621. The maximum Gasteiger partial charge on any atom is 0.308 e. The van der Waals surface area contributed by atoms with Crippen LogP contribution in [0.2, 0.25) is 0 Å². The summed E-state index contributed by atoms with van der Waals surface area (Å²) in [7, 11) is 1.37. The molecule has 5 heteroatoms. The Hall–Kier alpha value is -1.12. The molecule has 84 valence electrons. The van der Waals surface area contributed by atoms with Crippen molar-refractivity contribution in [2.75, 3.05) is 33.4 Å². The van der Waals surface area contributed by atoms with Crippen molar-refractivity contribution in [1.29, 1.82) is 5.26 Å². The molecule has 0 amide bonds. The fraction of sp³-hybridized carbons (Fsp3) is 0.800. The van der Waals surface area contributed by atoms with Crippen LogP contribution in [-0.4, -0.2) is 50.3 Å². The number of esters is 1. The first-order chi connectivity index (χ1) is 7.26. The van der Waals surface area contributed by atoms with E-state index in [-0.39, 0.29) is 12.1 Å². The van der Waals surface area contributed by atoms with Gasteiger partial charge in [-0.3, -0.25) is 9.69 Å². The van der Waals surface area contributed by atoms with E-state index >= 15 is 0 Å². The first-order valence-corrected chi connectivity index (χ1v) is 5.04. The molecule has 5 nitrogen and oxygen atoms in total. The van der Waals surface area contributed by atoms with Crippen LogP contribution in [0.4, 0.5) is 0 Å². The number of carbonyl (C=O) groups excluding carboxylic acids is 1. The van der Waals surface area contributed by atoms with Gasteiger partial charge in [-0.05, 0) is 0 Å². The van der Waals surface area contributed by atoms with Gasteiger partial charge in [0.2, 0.25) is 0 Å². The summed E-state index contributed by atoms with van der Waals surface area (Å²) < 4.78 is 10.0. The lowest BCUT2D eigenvalue weighted by atomic mass is 10.2. The van der Waals surface area contributed by atoms with E-state index in [0.29, 0.717) is 26.0 Å². The number of nitriles is 1. The van der Waals surface area contributed by atoms with E-state index in [1.807, 2.05) is 0 Å². The molecule has 0 spiro atoms. The number of hydrogen-bond acceptors (Lipinski definition) is 5. The highest BCUT2D eigenvalue weighted by atomic mass is 16.5. The number of hydrogen-bond donors (Lipinski definition) is 0. The van der Waals surface area contributed by atoms with Crippen molar-refractivity contribution >= 4 is 5.97 Å². The Labute approximate surface area is 89.6 Å². The van der Waals surface area contributed by atoms with E-state index in [0.717, 1.165) is 13.1 Å². The molecule has 0 bridgehead atoms. The van der Waals surface area contributed by atoms with Gasteiger partial charge in [-0.25, -0.2) is 0 Å². The van der Waals surface area contributed by atoms with Gasteiger partial charge >= 0.3 is 5.97 Å². The highest BCUT2D eigenvalue weighted by molar-refractivity contribution is 5.69. The molecule has 0 aliphatic carbocycles. The molecule has 1 aliphatic rings. The fourth-order valence-corrected chi connectivity index (χ4v) is 1.58. The second-order valence-electron chi connectivity index (χ2n) is 3.48. The number of ether oxygens (including phenoxy) is 2. The second kappa shape index (κ2) is 6.38. The predicted octanol–water partition coefficient (Wildman–Crippen LogP) is 0.164. The Morgan fingerprint density at radius 3 is 3.20 bits per heavy atom. The van der Waals surface area contributed by atoms with Crippen LogP contribution < -0.4 is 0 Å². The van der Waals surface area contributed by atoms with Gasteiger partial charge in [-0.2, -0.15) is 5.26 Å². The molecule has 1 heterocycles. The normalized spacial score (nSPS) is 22.0. The van der Waals surface area contributed by atoms with Crippen molar-refractivity contribution in [1.82, 2.24) is 4.90 Å². The first-order valence-electron chi connectivity index (χ1n) is 5.04. The van der Waals surface area contributed by atoms with Crippen LogP contribution in [0.1, 0.15) is 12.8 Å². The molecule has 0 N–H and O–H groups in total. The van der Waals surface area contributed by atoms with Crippen molar-refractivity contribution in [3.63, 3.8) is 0 Å². The standard InChI is InChI=1S/C10H16N2O3/c1-14-10(13)7-9-8-12(4-2-3-11)5-6-15-9/h9H,2,4-8H2,1H3. The smallest absolute Gasteiger partial charge is 0.308 e. The van der Waals surface area contributed by atoms with Crippen molar-refractivity contribution in [2.24, 2.45) is 0 Å². The summed E-state index contributed by atoms with van der Waals surface area (Å²) in [5, 5.41) is 8.46. The minimum Gasteiger partial charge on any atom is -0.469 e. The highest BCUT2D eigenvalue weighted by Gasteiger charge is 2.22. The lowest BCUT2D eigenvalue weighted by molar-refractivity contribution is -0.145. The summed E-state index contributed by atoms with van der Waals surface area (Å²) >= 11 is 0. The molecule has 15 heavy (non-hydrogen) atoms. The van der Waals surface area contributed by atoms with Crippen LogP contribution in [0.15, 0.2) is 0 Å². The lowest BCUT2D eigenvalue weighted by Gasteiger charge is -2.31. The highest BCUT2D eigenvalue weighted by Crippen LogP contribution is 2.09. The topological polar surface area (TPSA) is 62.6 Å². The van der Waals surface area contributed by atoms with E-state index < -0.39 is 0 Å². The maximum atomic E-state index is 11.0. The Balaban J connectivity index is 2.29. The molecule has 0 aromatic carbocycles. The number of carbonyl (C=O) groups is 1. The molecule has 1 atom stereocenters. The molecule has 0 radical (unpaired) electrons. The van der Waals surface area contributed by atoms with E-state index in [2.05, 4.69) is 15.7 Å². The maximum absolute atomic E-state index is 11.0. The summed E-state index contributed by atoms with van der Waals surface area (Å²) in [6, 6.07) is 2.11. The third-order valence-corrected chi connectivity index (χ3v) is 2.38. The number of rotatable bonds is 4. The Bertz CT molecular complexity index is 250. The van der Waals surface area contributed by atoms with Crippen LogP contribution in [0, 0.1) is 11.3 Å². The first kappa shape index (κ1) is 12.0. The average Bonchev–Trinajstić information content (AvgIpc) is 2.26. The van der Waals surface area contributed by atoms with Crippen molar-refractivity contribution in [3.05, 3.63) is 0 Å². The summed E-state index contributed by atoms with van der Waals surface area (Å²) in [5.41, 5.74) is 0. The molecule has 1 unspecified atom stereocenters. The summed E-state index contributed by atoms with van der Waals surface area (Å²) in [5.74, 6) is -0.248. The Morgan fingerprint density at radius 2 is 2.53 bits per heavy atom. The van der Waals surface area contributed by atoms with E-state index in [9.17, 15) is 4.79 Å². The number of methoxy groups -OCH3 is 1. The van der Waals surface area contributed by atoms with Gasteiger partial charge in [0.25, 0.3) is 0 Å². The van der Waals surface area contributed by atoms with Crippen LogP contribution in [0.3, 0.4) is 0 Å². The molecule has 1 saturated heterocycles. The zero-order chi connectivity index (χ0) is 11.1. The van der Waals surface area contributed by atoms with E-state index in [1.165, 1.54) is 7.11 Å². The van der Waals surface area contributed by atoms with Crippen LogP contribution >= 0.6 is 0 Å². The van der Waals surface area contributed by atoms with Crippen molar-refractivity contribution in [3.8, 4) is 6.07 Å². The van der Waals surface area contributed by atoms with Crippen LogP contribution in [0.5, 0.6) is 0 Å². The fourth-order valence-electron chi connectivity index (χ4n) is 1.58. The summed E-state index contributed by atoms with van der Waals surface area (Å²) in [6.07, 6.45) is 0.717. The zero-order valence-electron chi connectivity index (χ0n) is 8.94. The third kappa shape index (κ3) is 4.28. The third-order valence-electron chi connectivity index (χ3n) is 2.38. The minimum atomic E-state index is -0.248. The van der Waals surface area contributed by atoms with Gasteiger partial charge in [-0.1, -0.05) is 0 Å². The molecule has 0 saturated carbocycles. The molecule has 1 fully saturated rings. The van der Waals surface area contributed by atoms with Crippen molar-refractivity contribution in [2.45, 2.75) is 18.9 Å². The monoisotopic (exact) mass is 212 g/mol. The van der Waals surface area contributed by atoms with Crippen molar-refractivity contribution < 1.29 is 14.3 Å². The molecule has 0 aromatic rings. The van der Waals surface area contributed by atoms with E-state index in [1.54, 1.807) is 0 Å². The number of nitrogens with zero attached hydrogens (tertiary/aromatic N) is 2. The van der Waals surface area contributed by atoms with Gasteiger partial charge in [0, 0.05) is 26.1 Å². The number of morpholine rings is 1. The zero-order valence-corrected chi connectivity index (χ0v) is 8.94. The molecule has 1 rings (SSSR count). The average molecular weight is 212 g/mol. The van der Waals surface area contributed by atoms with Gasteiger partial charge in [0.15, 0.2) is 0 Å². The van der Waals surface area contributed by atoms with Crippen LogP contribution in [-0.2, 0) is 14.3 Å². The Kier molecular flexibility index (Phi) is 5.08. The largest absolute Gasteiger partial charge is 0.469 e. The van der Waals surface area contributed by atoms with Gasteiger partial charge in [0.05, 0.1) is 32.3 Å². The summed E-state index contributed by atoms with van der Waals surface area (Å²) in [6.45, 7) is 2.90. The minimum absolute atomic E-state index is 0.0927. The lowest BCUT2D eigenvalue weighted by Crippen LogP contribution is -2.43. The molecular formula is C10H16N2O3. The Morgan fingerprint density at radius 1 is 1.73 bits per heavy atom. The van der Waals surface area contributed by atoms with Crippen LogP contribution in [0.25, 0.3) is 0 Å². The van der Waals surface area contributed by atoms with E-state index in [4.69, 9.17) is 10.00 Å². The molecule has 0 aromatic heterocycles. The SMILES string of the molecule is COC(=O)CC1CN(CCC#N)CCO1. The molecular weight excluding hydrogens is 196 g/mol. The molecule has 1 aliphatic heterocycles. The second-order valence-corrected chi connectivity index (χ2v) is 3.48. The predicted molar refractivity (Wildman–Crippen MR) is 53.0 cm³/mol.